The highest BCUT2D eigenvalue weighted by Crippen LogP contribution is 2.62. The van der Waals surface area contributed by atoms with Gasteiger partial charge in [0.25, 0.3) is 0 Å². The average molecular weight is 706 g/mol. The topological polar surface area (TPSA) is 3.24 Å². The van der Waals surface area contributed by atoms with Crippen LogP contribution in [0, 0.1) is 0 Å². The first-order chi connectivity index (χ1) is 26.8. The number of hydrogen-bond acceptors (Lipinski definition) is 1. The molecule has 8 aromatic carbocycles. The third-order valence-electron chi connectivity index (χ3n) is 12.2. The van der Waals surface area contributed by atoms with Gasteiger partial charge in [-0.25, -0.2) is 0 Å². The van der Waals surface area contributed by atoms with Crippen molar-refractivity contribution in [3.8, 4) is 11.1 Å². The lowest BCUT2D eigenvalue weighted by molar-refractivity contribution is 0.694. The monoisotopic (exact) mass is 705 g/mol. The minimum Gasteiger partial charge on any atom is -0.310 e. The zero-order valence-electron chi connectivity index (χ0n) is 31.8. The van der Waals surface area contributed by atoms with E-state index in [2.05, 4.69) is 221 Å². The van der Waals surface area contributed by atoms with Crippen LogP contribution in [0.4, 0.5) is 17.1 Å². The molecule has 0 spiro atoms. The van der Waals surface area contributed by atoms with E-state index in [1.807, 2.05) is 0 Å². The third-order valence-corrected chi connectivity index (χ3v) is 12.2. The molecule has 0 heterocycles. The standard InChI is InChI=1S/C54H43N/c1-53(2)49-18-12-11-17-47(49)51-52(53)48-31-22-37(34-50(48)54(51,3)4)20-19-36-21-30-45-40(33-36)23-24-41-35-44(29-32-46(41)45)55(42-15-9-6-10-16-42)43-27-25-39(26-28-43)38-13-7-5-8-14-38/h5-35H,1-4H3. The van der Waals surface area contributed by atoms with Gasteiger partial charge in [-0.05, 0) is 120 Å². The lowest BCUT2D eigenvalue weighted by Crippen LogP contribution is -2.19. The van der Waals surface area contributed by atoms with Gasteiger partial charge < -0.3 is 4.90 Å². The Morgan fingerprint density at radius 3 is 1.62 bits per heavy atom. The van der Waals surface area contributed by atoms with Crippen molar-refractivity contribution in [3.63, 3.8) is 0 Å². The molecule has 0 amide bonds. The summed E-state index contributed by atoms with van der Waals surface area (Å²) < 4.78 is 0. The van der Waals surface area contributed by atoms with Gasteiger partial charge in [0, 0.05) is 27.9 Å². The van der Waals surface area contributed by atoms with Gasteiger partial charge in [-0.3, -0.25) is 0 Å². The molecule has 0 unspecified atom stereocenters. The molecule has 0 aromatic heterocycles. The molecule has 0 fully saturated rings. The van der Waals surface area contributed by atoms with Crippen LogP contribution in [0.1, 0.15) is 61.1 Å². The summed E-state index contributed by atoms with van der Waals surface area (Å²) in [6.07, 6.45) is 4.54. The molecule has 0 atom stereocenters. The molecule has 55 heavy (non-hydrogen) atoms. The Kier molecular flexibility index (Phi) is 7.58. The SMILES string of the molecule is CC1(C)C2=C(c3ccccc31)C(C)(C)c1cc(C=Cc3ccc4c(ccc5cc(N(c6ccccc6)c6ccc(-c7ccccc7)cc6)ccc54)c3)ccc12. The fourth-order valence-electron chi connectivity index (χ4n) is 9.45. The summed E-state index contributed by atoms with van der Waals surface area (Å²) in [5.41, 5.74) is 16.9. The first kappa shape index (κ1) is 33.2. The predicted octanol–water partition coefficient (Wildman–Crippen LogP) is 14.8. The van der Waals surface area contributed by atoms with Crippen LogP contribution in [0.3, 0.4) is 0 Å². The molecule has 0 bridgehead atoms. The van der Waals surface area contributed by atoms with E-state index in [1.54, 1.807) is 0 Å². The smallest absolute Gasteiger partial charge is 0.0468 e. The summed E-state index contributed by atoms with van der Waals surface area (Å²) >= 11 is 0. The number of hydrogen-bond donors (Lipinski definition) is 0. The van der Waals surface area contributed by atoms with Crippen molar-refractivity contribution in [2.45, 2.75) is 38.5 Å². The second kappa shape index (κ2) is 12.6. The number of rotatable bonds is 6. The highest BCUT2D eigenvalue weighted by molar-refractivity contribution is 6.10. The maximum atomic E-state index is 2.42. The van der Waals surface area contributed by atoms with Crippen LogP contribution >= 0.6 is 0 Å². The molecule has 2 aliphatic carbocycles. The van der Waals surface area contributed by atoms with Crippen LogP contribution in [0.15, 0.2) is 176 Å². The van der Waals surface area contributed by atoms with Gasteiger partial charge in [-0.15, -0.1) is 0 Å². The Labute approximate surface area is 324 Å². The number of benzene rings is 8. The van der Waals surface area contributed by atoms with E-state index >= 15 is 0 Å². The fourth-order valence-corrected chi connectivity index (χ4v) is 9.45. The van der Waals surface area contributed by atoms with Crippen LogP contribution in [-0.4, -0.2) is 0 Å². The lowest BCUT2D eigenvalue weighted by Gasteiger charge is -2.28. The maximum absolute atomic E-state index is 2.42. The van der Waals surface area contributed by atoms with E-state index in [-0.39, 0.29) is 10.8 Å². The molecule has 0 aliphatic heterocycles. The van der Waals surface area contributed by atoms with Crippen molar-refractivity contribution in [2.24, 2.45) is 0 Å². The Morgan fingerprint density at radius 1 is 0.382 bits per heavy atom. The summed E-state index contributed by atoms with van der Waals surface area (Å²) in [4.78, 5) is 2.34. The highest BCUT2D eigenvalue weighted by Gasteiger charge is 2.49. The molecule has 8 aromatic rings. The number of para-hydroxylation sites is 1. The summed E-state index contributed by atoms with van der Waals surface area (Å²) in [5.74, 6) is 0. The summed E-state index contributed by atoms with van der Waals surface area (Å²) in [6, 6.07) is 64.4. The summed E-state index contributed by atoms with van der Waals surface area (Å²) in [5, 5.41) is 5.00. The zero-order valence-corrected chi connectivity index (χ0v) is 31.8. The normalized spacial score (nSPS) is 15.1. The molecule has 0 saturated heterocycles. The van der Waals surface area contributed by atoms with Gasteiger partial charge in [0.1, 0.15) is 0 Å². The van der Waals surface area contributed by atoms with Gasteiger partial charge in [0.05, 0.1) is 0 Å². The van der Waals surface area contributed by atoms with E-state index in [4.69, 9.17) is 0 Å². The molecule has 1 nitrogen and oxygen atoms in total. The molecular formula is C54H43N. The molecule has 10 rings (SSSR count). The Hall–Kier alpha value is -6.44. The average Bonchev–Trinajstić information content (AvgIpc) is 3.62. The number of nitrogens with zero attached hydrogens (tertiary/aromatic N) is 1. The van der Waals surface area contributed by atoms with Crippen molar-refractivity contribution in [1.29, 1.82) is 0 Å². The van der Waals surface area contributed by atoms with Crippen LogP contribution in [0.25, 0.3) is 56.0 Å². The quantitative estimate of drug-likeness (QED) is 0.123. The van der Waals surface area contributed by atoms with Gasteiger partial charge in [0.2, 0.25) is 0 Å². The fraction of sp³-hybridized carbons (Fsp3) is 0.111. The lowest BCUT2D eigenvalue weighted by atomic mass is 9.75. The number of allylic oxidation sites excluding steroid dienone is 2. The Balaban J connectivity index is 0.948. The molecule has 2 aliphatic rings. The van der Waals surface area contributed by atoms with Crippen molar-refractivity contribution >= 4 is 61.9 Å². The molecule has 0 radical (unpaired) electrons. The van der Waals surface area contributed by atoms with E-state index in [1.165, 1.54) is 77.2 Å². The second-order valence-electron chi connectivity index (χ2n) is 16.2. The van der Waals surface area contributed by atoms with E-state index in [0.29, 0.717) is 0 Å². The third kappa shape index (κ3) is 5.37. The first-order valence-corrected chi connectivity index (χ1v) is 19.4. The predicted molar refractivity (Wildman–Crippen MR) is 236 cm³/mol. The van der Waals surface area contributed by atoms with Gasteiger partial charge >= 0.3 is 0 Å². The van der Waals surface area contributed by atoms with Crippen LogP contribution in [0.5, 0.6) is 0 Å². The highest BCUT2D eigenvalue weighted by atomic mass is 15.1. The van der Waals surface area contributed by atoms with E-state index < -0.39 is 0 Å². The molecule has 0 saturated carbocycles. The zero-order chi connectivity index (χ0) is 37.3. The van der Waals surface area contributed by atoms with Gasteiger partial charge in [-0.2, -0.15) is 0 Å². The Bertz CT molecular complexity index is 2840. The molecule has 0 N–H and O–H groups in total. The van der Waals surface area contributed by atoms with Crippen molar-refractivity contribution in [3.05, 3.63) is 209 Å². The molecule has 1 heteroatoms. The van der Waals surface area contributed by atoms with Crippen LogP contribution in [0.2, 0.25) is 0 Å². The minimum absolute atomic E-state index is 0.000982. The van der Waals surface area contributed by atoms with Crippen LogP contribution in [-0.2, 0) is 10.8 Å². The Morgan fingerprint density at radius 2 is 0.891 bits per heavy atom. The van der Waals surface area contributed by atoms with Gasteiger partial charge in [0.15, 0.2) is 0 Å². The summed E-state index contributed by atoms with van der Waals surface area (Å²) in [7, 11) is 0. The van der Waals surface area contributed by atoms with E-state index in [0.717, 1.165) is 17.1 Å². The number of anilines is 3. The summed E-state index contributed by atoms with van der Waals surface area (Å²) in [6.45, 7) is 9.58. The van der Waals surface area contributed by atoms with E-state index in [9.17, 15) is 0 Å². The van der Waals surface area contributed by atoms with Crippen molar-refractivity contribution in [2.75, 3.05) is 4.90 Å². The molecule has 264 valence electrons. The van der Waals surface area contributed by atoms with Crippen molar-refractivity contribution in [1.82, 2.24) is 0 Å². The van der Waals surface area contributed by atoms with Crippen LogP contribution < -0.4 is 4.90 Å². The molecular weight excluding hydrogens is 663 g/mol. The van der Waals surface area contributed by atoms with Gasteiger partial charge in [-0.1, -0.05) is 173 Å². The number of fused-ring (bicyclic) bond motifs is 7. The first-order valence-electron chi connectivity index (χ1n) is 19.4. The maximum Gasteiger partial charge on any atom is 0.0468 e. The van der Waals surface area contributed by atoms with Crippen molar-refractivity contribution < 1.29 is 0 Å². The minimum atomic E-state index is -0.0482. The largest absolute Gasteiger partial charge is 0.310 e. The second-order valence-corrected chi connectivity index (χ2v) is 16.2.